The van der Waals surface area contributed by atoms with Gasteiger partial charge in [0, 0.05) is 21.1 Å². The molecule has 0 bridgehead atoms. The van der Waals surface area contributed by atoms with Gasteiger partial charge in [0.1, 0.15) is 20.2 Å². The van der Waals surface area contributed by atoms with Gasteiger partial charge in [-0.1, -0.05) is 6.55 Å². The SMILES string of the molecule is C[SiH2]O[SiH3].[Pt]. The second-order valence-electron chi connectivity index (χ2n) is 0.577. The van der Waals surface area contributed by atoms with Crippen molar-refractivity contribution in [3.05, 3.63) is 0 Å². The molecular weight excluding hydrogens is 279 g/mol. The molecule has 4 heteroatoms. The molecular formula is CH8OPtSi2. The third kappa shape index (κ3) is 11.1. The fourth-order valence-corrected chi connectivity index (χ4v) is 0. The molecule has 0 fully saturated rings. The van der Waals surface area contributed by atoms with Crippen LogP contribution in [0, 0.1) is 0 Å². The van der Waals surface area contributed by atoms with E-state index in [0.29, 0.717) is 0 Å². The molecule has 0 N–H and O–H groups in total. The quantitative estimate of drug-likeness (QED) is 0.529. The molecule has 0 rings (SSSR count). The minimum Gasteiger partial charge on any atom is -0.468 e. The molecule has 0 saturated heterocycles. The summed E-state index contributed by atoms with van der Waals surface area (Å²) in [5.74, 6) is 0. The molecule has 0 unspecified atom stereocenters. The molecule has 0 aromatic carbocycles. The largest absolute Gasteiger partial charge is 0.468 e. The van der Waals surface area contributed by atoms with Crippen molar-refractivity contribution >= 4 is 20.2 Å². The Morgan fingerprint density at radius 3 is 2.00 bits per heavy atom. The van der Waals surface area contributed by atoms with Crippen LogP contribution in [0.2, 0.25) is 6.55 Å². The third-order valence-corrected chi connectivity index (χ3v) is 2.60. The summed E-state index contributed by atoms with van der Waals surface area (Å²) >= 11 is 0. The summed E-state index contributed by atoms with van der Waals surface area (Å²) in [4.78, 5) is 0. The van der Waals surface area contributed by atoms with Crippen molar-refractivity contribution in [3.8, 4) is 0 Å². The average molecular weight is 287 g/mol. The predicted molar refractivity (Wildman–Crippen MR) is 25.4 cm³/mol. The molecule has 0 spiro atoms. The maximum absolute atomic E-state index is 4.82. The smallest absolute Gasteiger partial charge is 0.142 e. The van der Waals surface area contributed by atoms with Crippen molar-refractivity contribution in [2.45, 2.75) is 6.55 Å². The van der Waals surface area contributed by atoms with Gasteiger partial charge in [-0.2, -0.15) is 0 Å². The normalized spacial score (nSPS) is 9.00. The Balaban J connectivity index is 0. The van der Waals surface area contributed by atoms with Gasteiger partial charge < -0.3 is 4.12 Å². The first-order valence-corrected chi connectivity index (χ1v) is 4.21. The third-order valence-electron chi connectivity index (χ3n) is 0.289. The van der Waals surface area contributed by atoms with E-state index in [-0.39, 0.29) is 30.8 Å². The molecule has 0 aliphatic heterocycles. The van der Waals surface area contributed by atoms with Crippen molar-refractivity contribution < 1.29 is 25.2 Å². The van der Waals surface area contributed by atoms with Crippen LogP contribution >= 0.6 is 0 Å². The number of hydrogen-bond donors (Lipinski definition) is 0. The van der Waals surface area contributed by atoms with E-state index in [9.17, 15) is 0 Å². The zero-order valence-corrected chi connectivity index (χ0v) is 9.12. The minimum absolute atomic E-state index is 0. The average Bonchev–Trinajstić information content (AvgIpc) is 1.37. The summed E-state index contributed by atoms with van der Waals surface area (Å²) in [6, 6.07) is 0. The zero-order valence-electron chi connectivity index (χ0n) is 3.43. The molecule has 1 nitrogen and oxygen atoms in total. The molecule has 0 aromatic rings. The van der Waals surface area contributed by atoms with Crippen LogP contribution in [0.15, 0.2) is 0 Å². The summed E-state index contributed by atoms with van der Waals surface area (Å²) in [6.45, 7) is 2.13. The van der Waals surface area contributed by atoms with Gasteiger partial charge in [-0.25, -0.2) is 0 Å². The van der Waals surface area contributed by atoms with Crippen molar-refractivity contribution in [1.82, 2.24) is 0 Å². The van der Waals surface area contributed by atoms with E-state index in [0.717, 1.165) is 10.5 Å². The summed E-state index contributed by atoms with van der Waals surface area (Å²) < 4.78 is 4.82. The van der Waals surface area contributed by atoms with Crippen molar-refractivity contribution in [2.24, 2.45) is 0 Å². The summed E-state index contributed by atoms with van der Waals surface area (Å²) in [7, 11) is 0.938. The maximum Gasteiger partial charge on any atom is 0.142 e. The monoisotopic (exact) mass is 287 g/mol. The Morgan fingerprint density at radius 1 is 1.80 bits per heavy atom. The molecule has 36 valence electrons. The summed E-state index contributed by atoms with van der Waals surface area (Å²) in [5.41, 5.74) is 0. The first-order chi connectivity index (χ1) is 1.91. The molecule has 0 aliphatic rings. The van der Waals surface area contributed by atoms with Crippen molar-refractivity contribution in [3.63, 3.8) is 0 Å². The van der Waals surface area contributed by atoms with Gasteiger partial charge in [0.15, 0.2) is 0 Å². The first kappa shape index (κ1) is 9.43. The van der Waals surface area contributed by atoms with Crippen LogP contribution < -0.4 is 0 Å². The van der Waals surface area contributed by atoms with Gasteiger partial charge >= 0.3 is 0 Å². The van der Waals surface area contributed by atoms with Crippen LogP contribution in [0.3, 0.4) is 0 Å². The fourth-order valence-electron chi connectivity index (χ4n) is 0. The summed E-state index contributed by atoms with van der Waals surface area (Å²) in [6.07, 6.45) is 0. The molecule has 0 radical (unpaired) electrons. The van der Waals surface area contributed by atoms with E-state index in [2.05, 4.69) is 6.55 Å². The Labute approximate surface area is 52.2 Å². The van der Waals surface area contributed by atoms with Gasteiger partial charge in [0.2, 0.25) is 0 Å². The van der Waals surface area contributed by atoms with Crippen LogP contribution in [0.4, 0.5) is 0 Å². The molecule has 0 heterocycles. The molecule has 0 atom stereocenters. The Morgan fingerprint density at radius 2 is 2.00 bits per heavy atom. The predicted octanol–water partition coefficient (Wildman–Crippen LogP) is -1.59. The van der Waals surface area contributed by atoms with Gasteiger partial charge in [-0.05, 0) is 0 Å². The fraction of sp³-hybridized carbons (Fsp3) is 1.00. The standard InChI is InChI=1S/CH8OSi2.Pt/c1-4-2-3;/h4H2,1,3H3;. The Hall–Kier alpha value is 1.08. The van der Waals surface area contributed by atoms with E-state index < -0.39 is 0 Å². The second kappa shape index (κ2) is 8.91. The van der Waals surface area contributed by atoms with Crippen molar-refractivity contribution in [1.29, 1.82) is 0 Å². The Bertz CT molecular complexity index is 11.6. The van der Waals surface area contributed by atoms with Crippen LogP contribution in [0.5, 0.6) is 0 Å². The van der Waals surface area contributed by atoms with E-state index in [1.807, 2.05) is 0 Å². The van der Waals surface area contributed by atoms with Crippen LogP contribution in [-0.4, -0.2) is 20.2 Å². The topological polar surface area (TPSA) is 9.23 Å². The van der Waals surface area contributed by atoms with E-state index in [1.165, 1.54) is 0 Å². The minimum atomic E-state index is -0.0139. The first-order valence-electron chi connectivity index (χ1n) is 1.40. The molecule has 0 saturated carbocycles. The van der Waals surface area contributed by atoms with Gasteiger partial charge in [0.05, 0.1) is 0 Å². The number of rotatable bonds is 1. The molecule has 0 amide bonds. The molecule has 0 aromatic heterocycles. The van der Waals surface area contributed by atoms with E-state index in [4.69, 9.17) is 4.12 Å². The molecule has 0 aliphatic carbocycles. The van der Waals surface area contributed by atoms with Crippen LogP contribution in [-0.2, 0) is 25.2 Å². The van der Waals surface area contributed by atoms with Crippen LogP contribution in [0.1, 0.15) is 0 Å². The Kier molecular flexibility index (Phi) is 16.8. The zero-order chi connectivity index (χ0) is 3.41. The molecule has 5 heavy (non-hydrogen) atoms. The number of hydrogen-bond acceptors (Lipinski definition) is 1. The van der Waals surface area contributed by atoms with E-state index >= 15 is 0 Å². The maximum atomic E-state index is 4.82. The van der Waals surface area contributed by atoms with Crippen molar-refractivity contribution in [2.75, 3.05) is 0 Å². The van der Waals surface area contributed by atoms with Gasteiger partial charge in [-0.15, -0.1) is 0 Å². The van der Waals surface area contributed by atoms with Gasteiger partial charge in [-0.3, -0.25) is 0 Å². The summed E-state index contributed by atoms with van der Waals surface area (Å²) in [5, 5.41) is 0. The van der Waals surface area contributed by atoms with Crippen LogP contribution in [0.25, 0.3) is 0 Å². The second-order valence-corrected chi connectivity index (χ2v) is 3.46. The van der Waals surface area contributed by atoms with E-state index in [1.54, 1.807) is 0 Å². The van der Waals surface area contributed by atoms with Gasteiger partial charge in [0.25, 0.3) is 0 Å².